The number of fused-ring (bicyclic) bond motifs is 1. The Morgan fingerprint density at radius 1 is 1.56 bits per heavy atom. The number of carbonyl (C=O) groups is 1. The van der Waals surface area contributed by atoms with Crippen molar-refractivity contribution >= 4 is 22.6 Å². The lowest BCUT2D eigenvalue weighted by Gasteiger charge is -1.95. The Kier molecular flexibility index (Phi) is 1.94. The van der Waals surface area contributed by atoms with Crippen molar-refractivity contribution in [3.05, 3.63) is 35.2 Å². The predicted octanol–water partition coefficient (Wildman–Crippen LogP) is 2.78. The van der Waals surface area contributed by atoms with Gasteiger partial charge >= 0.3 is 0 Å². The van der Waals surface area contributed by atoms with Gasteiger partial charge in [-0.15, -0.1) is 11.3 Å². The van der Waals surface area contributed by atoms with Crippen molar-refractivity contribution in [2.45, 2.75) is 6.92 Å². The van der Waals surface area contributed by atoms with Gasteiger partial charge < -0.3 is 4.42 Å². The molecule has 80 valence electrons. The van der Waals surface area contributed by atoms with Crippen LogP contribution in [0.25, 0.3) is 16.4 Å². The molecular weight excluding hydrogens is 224 g/mol. The van der Waals surface area contributed by atoms with E-state index in [0.717, 1.165) is 27.6 Å². The summed E-state index contributed by atoms with van der Waals surface area (Å²) in [7, 11) is 0. The van der Waals surface area contributed by atoms with Crippen LogP contribution in [0.4, 0.5) is 0 Å². The lowest BCUT2D eigenvalue weighted by atomic mass is 10.3. The number of hydrogen-bond donors (Lipinski definition) is 0. The fourth-order valence-corrected chi connectivity index (χ4v) is 2.69. The number of nitrogens with zero attached hydrogens (tertiary/aromatic N) is 2. The van der Waals surface area contributed by atoms with Crippen LogP contribution in [0.3, 0.4) is 0 Å². The van der Waals surface area contributed by atoms with Gasteiger partial charge in [0.05, 0.1) is 6.26 Å². The molecule has 3 heterocycles. The summed E-state index contributed by atoms with van der Waals surface area (Å²) in [6.07, 6.45) is 4.11. The minimum Gasteiger partial charge on any atom is -0.463 e. The minimum atomic E-state index is 0.444. The molecule has 0 atom stereocenters. The number of aryl methyl sites for hydroxylation is 1. The van der Waals surface area contributed by atoms with E-state index >= 15 is 0 Å². The summed E-state index contributed by atoms with van der Waals surface area (Å²) in [6.45, 7) is 2.01. The zero-order valence-electron chi connectivity index (χ0n) is 8.51. The molecule has 0 aliphatic rings. The second-order valence-electron chi connectivity index (χ2n) is 3.42. The van der Waals surface area contributed by atoms with E-state index in [2.05, 4.69) is 4.98 Å². The summed E-state index contributed by atoms with van der Waals surface area (Å²) in [5.41, 5.74) is 1.41. The summed E-state index contributed by atoms with van der Waals surface area (Å²) >= 11 is 1.55. The van der Waals surface area contributed by atoms with E-state index in [0.29, 0.717) is 5.69 Å². The highest BCUT2D eigenvalue weighted by Gasteiger charge is 2.15. The Balaban J connectivity index is 2.33. The molecule has 3 aromatic heterocycles. The standard InChI is InChI=1S/C11H8N2O2S/c1-7-10(9-3-2-4-15-9)13-5-8(6-14)12-11(13)16-7/h2-6H,1H3. The fraction of sp³-hybridized carbons (Fsp3) is 0.0909. The second kappa shape index (κ2) is 3.31. The average Bonchev–Trinajstić information content (AvgIpc) is 2.92. The molecular formula is C11H8N2O2S. The van der Waals surface area contributed by atoms with Crippen LogP contribution in [-0.4, -0.2) is 15.7 Å². The van der Waals surface area contributed by atoms with Crippen LogP contribution >= 0.6 is 11.3 Å². The van der Waals surface area contributed by atoms with E-state index in [9.17, 15) is 4.79 Å². The molecule has 0 aliphatic carbocycles. The fourth-order valence-electron chi connectivity index (χ4n) is 1.73. The number of hydrogen-bond acceptors (Lipinski definition) is 4. The van der Waals surface area contributed by atoms with Gasteiger partial charge in [-0.3, -0.25) is 9.20 Å². The van der Waals surface area contributed by atoms with Crippen molar-refractivity contribution in [2.24, 2.45) is 0 Å². The van der Waals surface area contributed by atoms with E-state index in [1.165, 1.54) is 0 Å². The van der Waals surface area contributed by atoms with Gasteiger partial charge in [0, 0.05) is 11.1 Å². The second-order valence-corrected chi connectivity index (χ2v) is 4.60. The summed E-state index contributed by atoms with van der Waals surface area (Å²) < 4.78 is 7.27. The van der Waals surface area contributed by atoms with Gasteiger partial charge in [-0.1, -0.05) is 0 Å². The van der Waals surface area contributed by atoms with Crippen LogP contribution in [0.1, 0.15) is 15.4 Å². The Hall–Kier alpha value is -1.88. The molecule has 0 spiro atoms. The molecule has 0 saturated carbocycles. The van der Waals surface area contributed by atoms with Gasteiger partial charge in [0.25, 0.3) is 0 Å². The zero-order chi connectivity index (χ0) is 11.1. The van der Waals surface area contributed by atoms with Crippen molar-refractivity contribution in [1.29, 1.82) is 0 Å². The first kappa shape index (κ1) is 9.35. The van der Waals surface area contributed by atoms with Gasteiger partial charge in [-0.05, 0) is 19.1 Å². The molecule has 0 fully saturated rings. The highest BCUT2D eigenvalue weighted by atomic mass is 32.1. The number of thiazole rings is 1. The van der Waals surface area contributed by atoms with Crippen LogP contribution in [-0.2, 0) is 0 Å². The Bertz CT molecular complexity index is 649. The van der Waals surface area contributed by atoms with Gasteiger partial charge in [0.1, 0.15) is 11.4 Å². The van der Waals surface area contributed by atoms with Gasteiger partial charge in [0.2, 0.25) is 0 Å². The Morgan fingerprint density at radius 3 is 3.12 bits per heavy atom. The minimum absolute atomic E-state index is 0.444. The Labute approximate surface area is 95.2 Å². The molecule has 3 rings (SSSR count). The van der Waals surface area contributed by atoms with Crippen molar-refractivity contribution in [2.75, 3.05) is 0 Å². The third-order valence-corrected chi connectivity index (χ3v) is 3.36. The number of furan rings is 1. The van der Waals surface area contributed by atoms with E-state index in [1.54, 1.807) is 23.8 Å². The lowest BCUT2D eigenvalue weighted by Crippen LogP contribution is -1.84. The molecule has 0 aromatic carbocycles. The maximum Gasteiger partial charge on any atom is 0.195 e. The van der Waals surface area contributed by atoms with E-state index < -0.39 is 0 Å². The monoisotopic (exact) mass is 232 g/mol. The van der Waals surface area contributed by atoms with Crippen molar-refractivity contribution in [3.63, 3.8) is 0 Å². The lowest BCUT2D eigenvalue weighted by molar-refractivity contribution is 0.111. The van der Waals surface area contributed by atoms with Gasteiger partial charge in [-0.25, -0.2) is 4.98 Å². The van der Waals surface area contributed by atoms with Crippen molar-refractivity contribution in [3.8, 4) is 11.5 Å². The number of rotatable bonds is 2. The first-order chi connectivity index (χ1) is 7.79. The quantitative estimate of drug-likeness (QED) is 0.638. The van der Waals surface area contributed by atoms with E-state index in [1.807, 2.05) is 23.5 Å². The molecule has 0 unspecified atom stereocenters. The first-order valence-electron chi connectivity index (χ1n) is 4.77. The summed E-state index contributed by atoms with van der Waals surface area (Å²) in [6, 6.07) is 3.74. The zero-order valence-corrected chi connectivity index (χ0v) is 9.32. The molecule has 3 aromatic rings. The SMILES string of the molecule is Cc1sc2nc(C=O)cn2c1-c1ccco1. The molecule has 5 heteroatoms. The first-order valence-corrected chi connectivity index (χ1v) is 5.59. The third kappa shape index (κ3) is 1.22. The number of carbonyl (C=O) groups excluding carboxylic acids is 1. The summed E-state index contributed by atoms with van der Waals surface area (Å²) in [5, 5.41) is 0. The van der Waals surface area contributed by atoms with Crippen molar-refractivity contribution < 1.29 is 9.21 Å². The largest absolute Gasteiger partial charge is 0.463 e. The molecule has 0 bridgehead atoms. The third-order valence-electron chi connectivity index (χ3n) is 2.39. The molecule has 0 aliphatic heterocycles. The molecule has 16 heavy (non-hydrogen) atoms. The summed E-state index contributed by atoms with van der Waals surface area (Å²) in [4.78, 5) is 16.8. The number of aromatic nitrogens is 2. The number of aldehydes is 1. The number of imidazole rings is 1. The van der Waals surface area contributed by atoms with E-state index in [-0.39, 0.29) is 0 Å². The van der Waals surface area contributed by atoms with E-state index in [4.69, 9.17) is 4.42 Å². The smallest absolute Gasteiger partial charge is 0.195 e. The van der Waals surface area contributed by atoms with Gasteiger partial charge in [0.15, 0.2) is 17.0 Å². The summed E-state index contributed by atoms with van der Waals surface area (Å²) in [5.74, 6) is 0.790. The van der Waals surface area contributed by atoms with Crippen molar-refractivity contribution in [1.82, 2.24) is 9.38 Å². The topological polar surface area (TPSA) is 47.5 Å². The van der Waals surface area contributed by atoms with Crippen LogP contribution in [0.15, 0.2) is 29.0 Å². The van der Waals surface area contributed by atoms with Crippen LogP contribution in [0, 0.1) is 6.92 Å². The molecule has 0 saturated heterocycles. The molecule has 4 nitrogen and oxygen atoms in total. The molecule has 0 N–H and O–H groups in total. The maximum atomic E-state index is 10.7. The Morgan fingerprint density at radius 2 is 2.44 bits per heavy atom. The highest BCUT2D eigenvalue weighted by Crippen LogP contribution is 2.31. The highest BCUT2D eigenvalue weighted by molar-refractivity contribution is 7.17. The van der Waals surface area contributed by atoms with Crippen LogP contribution < -0.4 is 0 Å². The van der Waals surface area contributed by atoms with Gasteiger partial charge in [-0.2, -0.15) is 0 Å². The molecule has 0 radical (unpaired) electrons. The van der Waals surface area contributed by atoms with Crippen LogP contribution in [0.5, 0.6) is 0 Å². The normalized spacial score (nSPS) is 11.1. The maximum absolute atomic E-state index is 10.7. The molecule has 0 amide bonds. The van der Waals surface area contributed by atoms with Crippen LogP contribution in [0.2, 0.25) is 0 Å². The predicted molar refractivity (Wildman–Crippen MR) is 60.9 cm³/mol. The average molecular weight is 232 g/mol.